The molecule has 0 aromatic carbocycles. The Morgan fingerprint density at radius 1 is 1.28 bits per heavy atom. The molecule has 0 unspecified atom stereocenters. The van der Waals surface area contributed by atoms with Crippen molar-refractivity contribution in [1.29, 1.82) is 0 Å². The Kier molecular flexibility index (Phi) is 4.24. The first-order chi connectivity index (χ1) is 8.51. The molecule has 0 spiro atoms. The largest absolute Gasteiger partial charge is 0.354 e. The molecule has 0 atom stereocenters. The van der Waals surface area contributed by atoms with Gasteiger partial charge in [0.15, 0.2) is 0 Å². The van der Waals surface area contributed by atoms with E-state index in [1.54, 1.807) is 7.05 Å². The Hall–Kier alpha value is -0.660. The molecule has 1 saturated carbocycles. The summed E-state index contributed by atoms with van der Waals surface area (Å²) in [4.78, 5) is 11.3. The number of hydrogen-bond acceptors (Lipinski definition) is 3. The van der Waals surface area contributed by atoms with Crippen LogP contribution in [0.15, 0.2) is 0 Å². The monoisotopic (exact) mass is 275 g/mol. The maximum atomic E-state index is 12.4. The van der Waals surface area contributed by atoms with Crippen molar-refractivity contribution in [2.75, 3.05) is 26.7 Å². The molecule has 0 aromatic rings. The van der Waals surface area contributed by atoms with Crippen LogP contribution in [0, 0.1) is 0 Å². The standard InChI is InChI=1S/C11H21N3O3S/c1-13(10-5-3-2-4-6-10)18(16,17)14-8-7-12-11(15)9-14/h10H,2-9H2,1H3,(H,12,15). The van der Waals surface area contributed by atoms with E-state index in [1.165, 1.54) is 15.0 Å². The average Bonchev–Trinajstić information content (AvgIpc) is 2.39. The molecule has 0 radical (unpaired) electrons. The molecule has 6 nitrogen and oxygen atoms in total. The molecule has 0 aromatic heterocycles. The first kappa shape index (κ1) is 13.8. The Balaban J connectivity index is 2.06. The quantitative estimate of drug-likeness (QED) is 0.783. The van der Waals surface area contributed by atoms with Crippen LogP contribution in [-0.4, -0.2) is 55.7 Å². The summed E-state index contributed by atoms with van der Waals surface area (Å²) in [5.41, 5.74) is 0. The Bertz CT molecular complexity index is 404. The van der Waals surface area contributed by atoms with Gasteiger partial charge in [-0.2, -0.15) is 17.0 Å². The van der Waals surface area contributed by atoms with Crippen LogP contribution < -0.4 is 5.32 Å². The number of nitrogens with one attached hydrogen (secondary N) is 1. The van der Waals surface area contributed by atoms with Crippen molar-refractivity contribution in [1.82, 2.24) is 13.9 Å². The summed E-state index contributed by atoms with van der Waals surface area (Å²) in [5.74, 6) is -0.220. The molecule has 2 rings (SSSR count). The van der Waals surface area contributed by atoms with Crippen molar-refractivity contribution in [3.05, 3.63) is 0 Å². The van der Waals surface area contributed by atoms with E-state index in [-0.39, 0.29) is 18.5 Å². The molecule has 1 N–H and O–H groups in total. The summed E-state index contributed by atoms with van der Waals surface area (Å²) >= 11 is 0. The highest BCUT2D eigenvalue weighted by atomic mass is 32.2. The molecular weight excluding hydrogens is 254 g/mol. The van der Waals surface area contributed by atoms with E-state index in [0.29, 0.717) is 13.1 Å². The molecule has 2 aliphatic rings. The van der Waals surface area contributed by atoms with Crippen molar-refractivity contribution in [2.24, 2.45) is 0 Å². The van der Waals surface area contributed by atoms with Crippen molar-refractivity contribution < 1.29 is 13.2 Å². The van der Waals surface area contributed by atoms with E-state index >= 15 is 0 Å². The lowest BCUT2D eigenvalue weighted by Crippen LogP contribution is -2.55. The van der Waals surface area contributed by atoms with E-state index < -0.39 is 10.2 Å². The SMILES string of the molecule is CN(C1CCCCC1)S(=O)(=O)N1CCNC(=O)C1. The van der Waals surface area contributed by atoms with E-state index in [9.17, 15) is 13.2 Å². The minimum atomic E-state index is -3.49. The number of carbonyl (C=O) groups is 1. The summed E-state index contributed by atoms with van der Waals surface area (Å²) in [6.45, 7) is 0.709. The molecule has 2 fully saturated rings. The molecule has 18 heavy (non-hydrogen) atoms. The number of piperazine rings is 1. The Morgan fingerprint density at radius 2 is 1.94 bits per heavy atom. The van der Waals surface area contributed by atoms with Crippen LogP contribution in [-0.2, 0) is 15.0 Å². The van der Waals surface area contributed by atoms with Crippen LogP contribution >= 0.6 is 0 Å². The van der Waals surface area contributed by atoms with Gasteiger partial charge >= 0.3 is 0 Å². The van der Waals surface area contributed by atoms with Crippen molar-refractivity contribution in [2.45, 2.75) is 38.1 Å². The number of amides is 1. The van der Waals surface area contributed by atoms with Gasteiger partial charge in [0.25, 0.3) is 10.2 Å². The number of nitrogens with zero attached hydrogens (tertiary/aromatic N) is 2. The lowest BCUT2D eigenvalue weighted by molar-refractivity contribution is -0.122. The molecule has 1 saturated heterocycles. The highest BCUT2D eigenvalue weighted by Crippen LogP contribution is 2.24. The molecule has 104 valence electrons. The fourth-order valence-corrected chi connectivity index (χ4v) is 4.18. The summed E-state index contributed by atoms with van der Waals surface area (Å²) in [6, 6.07) is 0.0914. The number of rotatable bonds is 3. The fourth-order valence-electron chi connectivity index (χ4n) is 2.63. The third kappa shape index (κ3) is 2.84. The van der Waals surface area contributed by atoms with E-state index in [1.807, 2.05) is 0 Å². The van der Waals surface area contributed by atoms with Crippen LogP contribution in [0.1, 0.15) is 32.1 Å². The minimum Gasteiger partial charge on any atom is -0.354 e. The van der Waals surface area contributed by atoms with Crippen LogP contribution in [0.2, 0.25) is 0 Å². The van der Waals surface area contributed by atoms with Gasteiger partial charge in [-0.3, -0.25) is 4.79 Å². The van der Waals surface area contributed by atoms with Crippen molar-refractivity contribution in [3.63, 3.8) is 0 Å². The third-order valence-corrected chi connectivity index (χ3v) is 5.77. The fraction of sp³-hybridized carbons (Fsp3) is 0.909. The van der Waals surface area contributed by atoms with E-state index in [4.69, 9.17) is 0 Å². The third-order valence-electron chi connectivity index (χ3n) is 3.78. The zero-order valence-electron chi connectivity index (χ0n) is 10.8. The van der Waals surface area contributed by atoms with Crippen molar-refractivity contribution in [3.8, 4) is 0 Å². The lowest BCUT2D eigenvalue weighted by Gasteiger charge is -2.35. The molecule has 1 aliphatic heterocycles. The zero-order chi connectivity index (χ0) is 13.2. The van der Waals surface area contributed by atoms with Gasteiger partial charge < -0.3 is 5.32 Å². The normalized spacial score (nSPS) is 24.2. The molecular formula is C11H21N3O3S. The lowest BCUT2D eigenvalue weighted by atomic mass is 9.96. The number of carbonyl (C=O) groups excluding carboxylic acids is 1. The second kappa shape index (κ2) is 5.54. The average molecular weight is 275 g/mol. The van der Waals surface area contributed by atoms with Gasteiger partial charge in [-0.25, -0.2) is 0 Å². The predicted molar refractivity (Wildman–Crippen MR) is 68.1 cm³/mol. The Morgan fingerprint density at radius 3 is 2.56 bits per heavy atom. The Labute approximate surface area is 109 Å². The number of hydrogen-bond donors (Lipinski definition) is 1. The molecule has 7 heteroatoms. The highest BCUT2D eigenvalue weighted by Gasteiger charge is 2.34. The topological polar surface area (TPSA) is 69.7 Å². The summed E-state index contributed by atoms with van der Waals surface area (Å²) in [7, 11) is -1.85. The van der Waals surface area contributed by atoms with Gasteiger partial charge in [0.05, 0.1) is 6.54 Å². The molecule has 1 aliphatic carbocycles. The maximum Gasteiger partial charge on any atom is 0.282 e. The first-order valence-corrected chi connectivity index (χ1v) is 7.91. The minimum absolute atomic E-state index is 0.0562. The summed E-state index contributed by atoms with van der Waals surface area (Å²) in [6.07, 6.45) is 5.22. The smallest absolute Gasteiger partial charge is 0.282 e. The molecule has 1 heterocycles. The van der Waals surface area contributed by atoms with Gasteiger partial charge in [0, 0.05) is 26.2 Å². The highest BCUT2D eigenvalue weighted by molar-refractivity contribution is 7.86. The zero-order valence-corrected chi connectivity index (χ0v) is 11.6. The van der Waals surface area contributed by atoms with Gasteiger partial charge in [0.2, 0.25) is 5.91 Å². The van der Waals surface area contributed by atoms with Gasteiger partial charge in [-0.05, 0) is 12.8 Å². The summed E-state index contributed by atoms with van der Waals surface area (Å²) < 4.78 is 27.5. The van der Waals surface area contributed by atoms with Crippen molar-refractivity contribution >= 4 is 16.1 Å². The van der Waals surface area contributed by atoms with E-state index in [2.05, 4.69) is 5.32 Å². The second-order valence-corrected chi connectivity index (χ2v) is 6.99. The first-order valence-electron chi connectivity index (χ1n) is 6.51. The van der Waals surface area contributed by atoms with Crippen LogP contribution in [0.25, 0.3) is 0 Å². The molecule has 1 amide bonds. The summed E-state index contributed by atoms with van der Waals surface area (Å²) in [5, 5.41) is 2.64. The van der Waals surface area contributed by atoms with Crippen LogP contribution in [0.3, 0.4) is 0 Å². The maximum absolute atomic E-state index is 12.4. The van der Waals surface area contributed by atoms with Crippen LogP contribution in [0.4, 0.5) is 0 Å². The van der Waals surface area contributed by atoms with E-state index in [0.717, 1.165) is 25.7 Å². The molecule has 0 bridgehead atoms. The van der Waals surface area contributed by atoms with Gasteiger partial charge in [0.1, 0.15) is 0 Å². The predicted octanol–water partition coefficient (Wildman–Crippen LogP) is -0.0725. The second-order valence-electron chi connectivity index (χ2n) is 5.00. The van der Waals surface area contributed by atoms with Gasteiger partial charge in [-0.1, -0.05) is 19.3 Å². The van der Waals surface area contributed by atoms with Crippen LogP contribution in [0.5, 0.6) is 0 Å². The van der Waals surface area contributed by atoms with Gasteiger partial charge in [-0.15, -0.1) is 0 Å².